The Bertz CT molecular complexity index is 835. The maximum absolute atomic E-state index is 5.72. The lowest BCUT2D eigenvalue weighted by atomic mass is 10.1. The molecule has 0 bridgehead atoms. The van der Waals surface area contributed by atoms with Gasteiger partial charge >= 0.3 is 0 Å². The maximum Gasteiger partial charge on any atom is 0.190 e. The van der Waals surface area contributed by atoms with E-state index < -0.39 is 0 Å². The molecule has 0 radical (unpaired) electrons. The number of para-hydroxylation sites is 1. The molecule has 4 nitrogen and oxygen atoms in total. The first-order valence-electron chi connectivity index (χ1n) is 7.94. The summed E-state index contributed by atoms with van der Waals surface area (Å²) in [5, 5.41) is 2.15. The van der Waals surface area contributed by atoms with E-state index in [1.165, 1.54) is 0 Å². The van der Waals surface area contributed by atoms with Gasteiger partial charge in [-0.05, 0) is 54.9 Å². The third-order valence-electron chi connectivity index (χ3n) is 3.75. The quantitative estimate of drug-likeness (QED) is 0.742. The van der Waals surface area contributed by atoms with E-state index in [1.807, 2.05) is 42.5 Å². The van der Waals surface area contributed by atoms with E-state index in [4.69, 9.17) is 15.5 Å². The minimum Gasteiger partial charge on any atom is -0.497 e. The first-order chi connectivity index (χ1) is 11.8. The Morgan fingerprint density at radius 2 is 1.83 bits per heavy atom. The highest BCUT2D eigenvalue weighted by molar-refractivity contribution is 7.07. The zero-order valence-corrected chi connectivity index (χ0v) is 14.5. The van der Waals surface area contributed by atoms with Gasteiger partial charge in [-0.25, -0.2) is 4.99 Å². The Labute approximate surface area is 145 Å². The van der Waals surface area contributed by atoms with E-state index in [0.29, 0.717) is 6.54 Å². The van der Waals surface area contributed by atoms with Crippen LogP contribution in [-0.4, -0.2) is 18.2 Å². The van der Waals surface area contributed by atoms with Crippen molar-refractivity contribution in [1.82, 2.24) is 4.57 Å². The van der Waals surface area contributed by atoms with E-state index in [-0.39, 0.29) is 0 Å². The fourth-order valence-electron chi connectivity index (χ4n) is 2.49. The molecule has 0 fully saturated rings. The molecule has 0 aliphatic heterocycles. The van der Waals surface area contributed by atoms with Crippen molar-refractivity contribution in [3.05, 3.63) is 64.8 Å². The van der Waals surface area contributed by atoms with Crippen LogP contribution in [0.3, 0.4) is 0 Å². The molecule has 124 valence electrons. The van der Waals surface area contributed by atoms with Gasteiger partial charge in [0, 0.05) is 11.9 Å². The lowest BCUT2D eigenvalue weighted by Gasteiger charge is -2.09. The first kappa shape index (κ1) is 16.5. The summed E-state index contributed by atoms with van der Waals surface area (Å²) in [6.07, 6.45) is 0.919. The topological polar surface area (TPSA) is 52.5 Å². The molecule has 0 amide bonds. The van der Waals surface area contributed by atoms with Gasteiger partial charge in [-0.3, -0.25) is 0 Å². The highest BCUT2D eigenvalue weighted by Crippen LogP contribution is 2.23. The number of aromatic nitrogens is 1. The molecular weight excluding hydrogens is 318 g/mol. The average molecular weight is 339 g/mol. The minimum atomic E-state index is 0.662. The van der Waals surface area contributed by atoms with Gasteiger partial charge < -0.3 is 15.0 Å². The fraction of sp³-hybridized carbons (Fsp3) is 0.211. The number of methoxy groups -OCH3 is 1. The number of ether oxygens (including phenoxy) is 1. The molecule has 0 aliphatic rings. The average Bonchev–Trinajstić information content (AvgIpc) is 3.03. The molecule has 0 spiro atoms. The van der Waals surface area contributed by atoms with Crippen LogP contribution in [0.1, 0.15) is 6.42 Å². The molecule has 2 aromatic carbocycles. The van der Waals surface area contributed by atoms with Crippen molar-refractivity contribution < 1.29 is 4.74 Å². The Kier molecular flexibility index (Phi) is 5.46. The van der Waals surface area contributed by atoms with Gasteiger partial charge in [0.2, 0.25) is 0 Å². The Morgan fingerprint density at radius 3 is 2.50 bits per heavy atom. The van der Waals surface area contributed by atoms with Crippen molar-refractivity contribution in [2.24, 2.45) is 10.7 Å². The molecule has 0 unspecified atom stereocenters. The van der Waals surface area contributed by atoms with Crippen molar-refractivity contribution in [2.75, 3.05) is 13.7 Å². The molecule has 0 saturated heterocycles. The van der Waals surface area contributed by atoms with Crippen LogP contribution in [0.25, 0.3) is 11.3 Å². The molecule has 1 aromatic heterocycles. The highest BCUT2D eigenvalue weighted by Gasteiger charge is 2.08. The molecule has 0 aliphatic carbocycles. The van der Waals surface area contributed by atoms with Gasteiger partial charge in [0.1, 0.15) is 5.75 Å². The van der Waals surface area contributed by atoms with Gasteiger partial charge in [-0.1, -0.05) is 18.2 Å². The van der Waals surface area contributed by atoms with Gasteiger partial charge in [-0.2, -0.15) is 0 Å². The van der Waals surface area contributed by atoms with Crippen molar-refractivity contribution >= 4 is 17.0 Å². The molecule has 0 saturated carbocycles. The largest absolute Gasteiger partial charge is 0.497 e. The van der Waals surface area contributed by atoms with Crippen LogP contribution in [0, 0.1) is 0 Å². The Hall–Kier alpha value is -2.37. The monoisotopic (exact) mass is 339 g/mol. The summed E-state index contributed by atoms with van der Waals surface area (Å²) in [5.41, 5.74) is 8.99. The second-order valence-electron chi connectivity index (χ2n) is 5.37. The fourth-order valence-corrected chi connectivity index (χ4v) is 3.44. The van der Waals surface area contributed by atoms with E-state index in [2.05, 4.69) is 22.1 Å². The zero-order chi connectivity index (χ0) is 16.8. The van der Waals surface area contributed by atoms with Crippen molar-refractivity contribution in [2.45, 2.75) is 13.0 Å². The van der Waals surface area contributed by atoms with Crippen LogP contribution in [0.2, 0.25) is 0 Å². The smallest absolute Gasteiger partial charge is 0.190 e. The summed E-state index contributed by atoms with van der Waals surface area (Å²) < 4.78 is 7.49. The molecule has 5 heteroatoms. The summed E-state index contributed by atoms with van der Waals surface area (Å²) in [7, 11) is 1.68. The van der Waals surface area contributed by atoms with Crippen LogP contribution in [0.15, 0.2) is 65.0 Å². The summed E-state index contributed by atoms with van der Waals surface area (Å²) >= 11 is 1.65. The highest BCUT2D eigenvalue weighted by atomic mass is 32.1. The summed E-state index contributed by atoms with van der Waals surface area (Å²) in [4.78, 5) is 5.78. The van der Waals surface area contributed by atoms with E-state index in [9.17, 15) is 0 Å². The lowest BCUT2D eigenvalue weighted by molar-refractivity contribution is 0.415. The molecule has 2 N–H and O–H groups in total. The number of rotatable bonds is 6. The molecular formula is C19H21N3OS. The van der Waals surface area contributed by atoms with Gasteiger partial charge in [-0.15, -0.1) is 11.3 Å². The predicted molar refractivity (Wildman–Crippen MR) is 99.6 cm³/mol. The number of hydrogen-bond donors (Lipinski definition) is 1. The van der Waals surface area contributed by atoms with Gasteiger partial charge in [0.15, 0.2) is 4.80 Å². The van der Waals surface area contributed by atoms with Crippen LogP contribution < -0.4 is 15.3 Å². The minimum absolute atomic E-state index is 0.662. The number of nitrogens with two attached hydrogens (primary N) is 1. The standard InChI is InChI=1S/C19H21N3OS/c1-23-17-10-8-15(9-11-17)18-14-24-19(22(18)13-5-12-20)21-16-6-3-2-4-7-16/h2-4,6-11,14H,5,12-13,20H2,1H3. The number of hydrogen-bond acceptors (Lipinski definition) is 4. The molecule has 1 heterocycles. The Balaban J connectivity index is 2.04. The number of benzene rings is 2. The second kappa shape index (κ2) is 7.95. The van der Waals surface area contributed by atoms with Crippen molar-refractivity contribution in [3.8, 4) is 17.0 Å². The third kappa shape index (κ3) is 3.75. The normalized spacial score (nSPS) is 11.7. The SMILES string of the molecule is COc1ccc(-c2csc(=Nc3ccccc3)n2CCCN)cc1. The van der Waals surface area contributed by atoms with E-state index in [0.717, 1.165) is 40.5 Å². The van der Waals surface area contributed by atoms with Gasteiger partial charge in [0.25, 0.3) is 0 Å². The van der Waals surface area contributed by atoms with Gasteiger partial charge in [0.05, 0.1) is 18.5 Å². The number of nitrogens with zero attached hydrogens (tertiary/aromatic N) is 2. The molecule has 24 heavy (non-hydrogen) atoms. The van der Waals surface area contributed by atoms with Crippen molar-refractivity contribution in [1.29, 1.82) is 0 Å². The summed E-state index contributed by atoms with van der Waals surface area (Å²) in [5.74, 6) is 0.858. The van der Waals surface area contributed by atoms with Crippen LogP contribution in [0.4, 0.5) is 5.69 Å². The predicted octanol–water partition coefficient (Wildman–Crippen LogP) is 3.81. The lowest BCUT2D eigenvalue weighted by Crippen LogP contribution is -2.18. The summed E-state index contributed by atoms with van der Waals surface area (Å²) in [6, 6.07) is 18.1. The molecule has 3 rings (SSSR count). The first-order valence-corrected chi connectivity index (χ1v) is 8.82. The zero-order valence-electron chi connectivity index (χ0n) is 13.7. The molecule has 3 aromatic rings. The second-order valence-corrected chi connectivity index (χ2v) is 6.21. The maximum atomic E-state index is 5.72. The molecule has 0 atom stereocenters. The van der Waals surface area contributed by atoms with Crippen LogP contribution >= 0.6 is 11.3 Å². The third-order valence-corrected chi connectivity index (χ3v) is 4.61. The van der Waals surface area contributed by atoms with E-state index >= 15 is 0 Å². The summed E-state index contributed by atoms with van der Waals surface area (Å²) in [6.45, 7) is 1.52. The van der Waals surface area contributed by atoms with Crippen LogP contribution in [0.5, 0.6) is 5.75 Å². The van der Waals surface area contributed by atoms with E-state index in [1.54, 1.807) is 18.4 Å². The van der Waals surface area contributed by atoms with Crippen molar-refractivity contribution in [3.63, 3.8) is 0 Å². The van der Waals surface area contributed by atoms with Crippen LogP contribution in [-0.2, 0) is 6.54 Å². The Morgan fingerprint density at radius 1 is 1.08 bits per heavy atom. The number of thiazole rings is 1.